The molecule has 1 saturated heterocycles. The number of carbonyl (C=O) groups excluding carboxylic acids is 2. The number of ether oxygens (including phenoxy) is 1. The summed E-state index contributed by atoms with van der Waals surface area (Å²) in [4.78, 5) is 39.9. The molecule has 1 aliphatic rings. The van der Waals surface area contributed by atoms with Gasteiger partial charge in [-0.3, -0.25) is 14.9 Å². The monoisotopic (exact) mass is 498 g/mol. The number of carbonyl (C=O) groups is 3. The molecule has 8 heteroatoms. The summed E-state index contributed by atoms with van der Waals surface area (Å²) >= 11 is 1.60. The van der Waals surface area contributed by atoms with Gasteiger partial charge in [-0.15, -0.1) is 0 Å². The summed E-state index contributed by atoms with van der Waals surface area (Å²) in [5.74, 6) is -0.671. The number of nitrogens with zero attached hydrogens (tertiary/aromatic N) is 1. The topological polar surface area (TPSA) is 95.9 Å². The summed E-state index contributed by atoms with van der Waals surface area (Å²) in [6.07, 6.45) is 1.69. The lowest BCUT2D eigenvalue weighted by molar-refractivity contribution is -0.152. The fraction of sp³-hybridized carbons (Fsp3) is 0.444. The second-order valence-electron chi connectivity index (χ2n) is 8.69. The number of amides is 1. The molecule has 1 fully saturated rings. The number of aryl methyl sites for hydroxylation is 1. The lowest BCUT2D eigenvalue weighted by Gasteiger charge is -2.35. The maximum absolute atomic E-state index is 13.7. The molecule has 0 spiro atoms. The molecular formula is C27H34N2O5S. The summed E-state index contributed by atoms with van der Waals surface area (Å²) in [6, 6.07) is 17.0. The van der Waals surface area contributed by atoms with Crippen LogP contribution in [0.1, 0.15) is 31.4 Å². The van der Waals surface area contributed by atoms with Crippen LogP contribution in [0.25, 0.3) is 0 Å². The molecule has 2 aromatic carbocycles. The van der Waals surface area contributed by atoms with E-state index in [1.165, 1.54) is 4.90 Å². The van der Waals surface area contributed by atoms with Gasteiger partial charge < -0.3 is 14.7 Å². The third-order valence-corrected chi connectivity index (χ3v) is 7.36. The largest absolute Gasteiger partial charge is 0.480 e. The number of aliphatic carboxylic acids is 1. The molecule has 0 radical (unpaired) electrons. The molecule has 35 heavy (non-hydrogen) atoms. The Labute approximate surface area is 211 Å². The summed E-state index contributed by atoms with van der Waals surface area (Å²) in [5.41, 5.74) is 2.14. The van der Waals surface area contributed by atoms with Crippen molar-refractivity contribution in [3.8, 4) is 0 Å². The Hall–Kier alpha value is -2.84. The first kappa shape index (κ1) is 26.8. The van der Waals surface area contributed by atoms with Gasteiger partial charge in [0.05, 0.1) is 12.6 Å². The van der Waals surface area contributed by atoms with Gasteiger partial charge in [-0.2, -0.15) is 11.8 Å². The van der Waals surface area contributed by atoms with E-state index in [4.69, 9.17) is 4.74 Å². The van der Waals surface area contributed by atoms with Gasteiger partial charge in [0.2, 0.25) is 5.91 Å². The highest BCUT2D eigenvalue weighted by atomic mass is 32.2. The van der Waals surface area contributed by atoms with Crippen molar-refractivity contribution < 1.29 is 24.2 Å². The summed E-state index contributed by atoms with van der Waals surface area (Å²) in [6.45, 7) is 3.55. The van der Waals surface area contributed by atoms with E-state index in [2.05, 4.69) is 5.32 Å². The second kappa shape index (κ2) is 13.3. The zero-order valence-electron chi connectivity index (χ0n) is 20.3. The Bertz CT molecular complexity index is 972. The SMILES string of the molecule is CCOC(=O)C(CCc1ccccc1)NC1CSCC(Cc2ccccc2)N(C(C)C(=O)O)C1=O. The van der Waals surface area contributed by atoms with Gasteiger partial charge in [-0.25, -0.2) is 4.79 Å². The van der Waals surface area contributed by atoms with Crippen molar-refractivity contribution in [1.82, 2.24) is 10.2 Å². The smallest absolute Gasteiger partial charge is 0.326 e. The molecule has 1 aliphatic heterocycles. The van der Waals surface area contributed by atoms with Gasteiger partial charge in [0.15, 0.2) is 0 Å². The van der Waals surface area contributed by atoms with Crippen LogP contribution >= 0.6 is 11.8 Å². The summed E-state index contributed by atoms with van der Waals surface area (Å²) < 4.78 is 5.29. The van der Waals surface area contributed by atoms with Crippen molar-refractivity contribution in [2.75, 3.05) is 18.1 Å². The zero-order valence-corrected chi connectivity index (χ0v) is 21.1. The molecular weight excluding hydrogens is 464 g/mol. The highest BCUT2D eigenvalue weighted by Gasteiger charge is 2.40. The Balaban J connectivity index is 1.79. The highest BCUT2D eigenvalue weighted by Crippen LogP contribution is 2.24. The molecule has 4 unspecified atom stereocenters. The minimum atomic E-state index is -1.05. The van der Waals surface area contributed by atoms with Crippen LogP contribution in [0.3, 0.4) is 0 Å². The van der Waals surface area contributed by atoms with Crippen LogP contribution in [0.5, 0.6) is 0 Å². The number of hydrogen-bond acceptors (Lipinski definition) is 6. The molecule has 2 aromatic rings. The van der Waals surface area contributed by atoms with E-state index in [1.54, 1.807) is 25.6 Å². The van der Waals surface area contributed by atoms with Crippen LogP contribution < -0.4 is 5.32 Å². The van der Waals surface area contributed by atoms with Crippen LogP contribution in [-0.2, 0) is 32.0 Å². The predicted molar refractivity (Wildman–Crippen MR) is 137 cm³/mol. The molecule has 3 rings (SSSR count). The molecule has 7 nitrogen and oxygen atoms in total. The molecule has 1 heterocycles. The number of hydrogen-bond donors (Lipinski definition) is 2. The number of esters is 1. The number of thioether (sulfide) groups is 1. The Morgan fingerprint density at radius 2 is 1.71 bits per heavy atom. The second-order valence-corrected chi connectivity index (χ2v) is 9.76. The van der Waals surface area contributed by atoms with Gasteiger partial charge in [0.1, 0.15) is 12.1 Å². The molecule has 0 aliphatic carbocycles. The van der Waals surface area contributed by atoms with Crippen LogP contribution in [0.2, 0.25) is 0 Å². The van der Waals surface area contributed by atoms with Crippen LogP contribution in [0.4, 0.5) is 0 Å². The molecule has 2 N–H and O–H groups in total. The van der Waals surface area contributed by atoms with E-state index in [0.29, 0.717) is 30.8 Å². The molecule has 0 saturated carbocycles. The Kier molecular flexibility index (Phi) is 10.2. The molecule has 4 atom stereocenters. The first-order chi connectivity index (χ1) is 16.9. The summed E-state index contributed by atoms with van der Waals surface area (Å²) in [7, 11) is 0. The Morgan fingerprint density at radius 1 is 1.09 bits per heavy atom. The average molecular weight is 499 g/mol. The van der Waals surface area contributed by atoms with E-state index in [-0.39, 0.29) is 18.6 Å². The average Bonchev–Trinajstić information content (AvgIpc) is 3.00. The van der Waals surface area contributed by atoms with E-state index >= 15 is 0 Å². The maximum Gasteiger partial charge on any atom is 0.326 e. The van der Waals surface area contributed by atoms with E-state index < -0.39 is 30.1 Å². The molecule has 188 valence electrons. The lowest BCUT2D eigenvalue weighted by atomic mass is 10.0. The van der Waals surface area contributed by atoms with Crippen LogP contribution in [0, 0.1) is 0 Å². The quantitative estimate of drug-likeness (QED) is 0.460. The van der Waals surface area contributed by atoms with E-state index in [9.17, 15) is 19.5 Å². The Morgan fingerprint density at radius 3 is 2.31 bits per heavy atom. The van der Waals surface area contributed by atoms with E-state index in [1.807, 2.05) is 60.7 Å². The minimum absolute atomic E-state index is 0.247. The van der Waals surface area contributed by atoms with Crippen molar-refractivity contribution in [1.29, 1.82) is 0 Å². The number of benzene rings is 2. The fourth-order valence-corrected chi connectivity index (χ4v) is 5.49. The van der Waals surface area contributed by atoms with Crippen molar-refractivity contribution >= 4 is 29.6 Å². The summed E-state index contributed by atoms with van der Waals surface area (Å²) in [5, 5.41) is 13.0. The van der Waals surface area contributed by atoms with Gasteiger partial charge in [0.25, 0.3) is 0 Å². The van der Waals surface area contributed by atoms with Crippen molar-refractivity contribution in [2.45, 2.75) is 57.3 Å². The first-order valence-corrected chi connectivity index (χ1v) is 13.2. The van der Waals surface area contributed by atoms with Crippen molar-refractivity contribution in [2.24, 2.45) is 0 Å². The third kappa shape index (κ3) is 7.57. The number of carboxylic acids is 1. The maximum atomic E-state index is 13.7. The van der Waals surface area contributed by atoms with Gasteiger partial charge >= 0.3 is 11.9 Å². The number of carboxylic acid groups (broad SMARTS) is 1. The highest BCUT2D eigenvalue weighted by molar-refractivity contribution is 7.99. The molecule has 0 aromatic heterocycles. The van der Waals surface area contributed by atoms with Crippen molar-refractivity contribution in [3.05, 3.63) is 71.8 Å². The zero-order chi connectivity index (χ0) is 25.2. The van der Waals surface area contributed by atoms with E-state index in [0.717, 1.165) is 11.1 Å². The third-order valence-electron chi connectivity index (χ3n) is 6.17. The van der Waals surface area contributed by atoms with Crippen LogP contribution in [0.15, 0.2) is 60.7 Å². The normalized spacial score (nSPS) is 20.1. The van der Waals surface area contributed by atoms with Crippen molar-refractivity contribution in [3.63, 3.8) is 0 Å². The number of nitrogens with one attached hydrogen (secondary N) is 1. The van der Waals surface area contributed by atoms with Crippen LogP contribution in [-0.4, -0.2) is 70.1 Å². The van der Waals surface area contributed by atoms with Gasteiger partial charge in [-0.1, -0.05) is 60.7 Å². The molecule has 1 amide bonds. The first-order valence-electron chi connectivity index (χ1n) is 12.0. The predicted octanol–water partition coefficient (Wildman–Crippen LogP) is 3.17. The van der Waals surface area contributed by atoms with Gasteiger partial charge in [-0.05, 0) is 44.2 Å². The molecule has 0 bridgehead atoms. The fourth-order valence-electron chi connectivity index (χ4n) is 4.33. The van der Waals surface area contributed by atoms with Gasteiger partial charge in [0, 0.05) is 17.5 Å². The lowest BCUT2D eigenvalue weighted by Crippen LogP contribution is -2.58. The minimum Gasteiger partial charge on any atom is -0.480 e. The standard InChI is InChI=1S/C27H34N2O5S/c1-3-34-27(33)23(15-14-20-10-6-4-7-11-20)28-24-18-35-17-22(16-21-12-8-5-9-13-21)29(25(24)30)19(2)26(31)32/h4-13,19,22-24,28H,3,14-18H2,1-2H3,(H,31,32). The number of rotatable bonds is 11.